The summed E-state index contributed by atoms with van der Waals surface area (Å²) in [6.07, 6.45) is 0. The molecule has 0 heterocycles. The van der Waals surface area contributed by atoms with Gasteiger partial charge in [0.15, 0.2) is 0 Å². The number of hydrogen-bond donors (Lipinski definition) is 1. The lowest BCUT2D eigenvalue weighted by Crippen LogP contribution is -2.26. The van der Waals surface area contributed by atoms with E-state index in [2.05, 4.69) is 19.9 Å². The second-order valence-corrected chi connectivity index (χ2v) is 4.69. The Bertz CT molecular complexity index is 368. The van der Waals surface area contributed by atoms with Crippen LogP contribution in [0.1, 0.15) is 11.1 Å². The normalized spacial score (nSPS) is 11.0. The van der Waals surface area contributed by atoms with Crippen molar-refractivity contribution in [2.45, 2.75) is 13.8 Å². The topological polar surface area (TPSA) is 41.9 Å². The summed E-state index contributed by atoms with van der Waals surface area (Å²) < 4.78 is 11.2. The Labute approximate surface area is 115 Å². The standard InChI is InChI=1S/C15H25NO3/c1-13-5-4-6-15(14(13)2)19-12-11-18-10-8-16(3)7-9-17/h4-6,17H,7-12H2,1-3H3. The first kappa shape index (κ1) is 16.0. The molecule has 0 amide bonds. The molecule has 0 spiro atoms. The number of nitrogens with zero attached hydrogens (tertiary/aromatic N) is 1. The molecule has 1 aromatic rings. The average molecular weight is 267 g/mol. The van der Waals surface area contributed by atoms with Gasteiger partial charge in [-0.25, -0.2) is 0 Å². The lowest BCUT2D eigenvalue weighted by Gasteiger charge is -2.15. The van der Waals surface area contributed by atoms with Crippen molar-refractivity contribution in [3.05, 3.63) is 29.3 Å². The van der Waals surface area contributed by atoms with Crippen LogP contribution < -0.4 is 4.74 Å². The fourth-order valence-electron chi connectivity index (χ4n) is 1.70. The molecule has 0 bridgehead atoms. The molecule has 19 heavy (non-hydrogen) atoms. The van der Waals surface area contributed by atoms with E-state index in [9.17, 15) is 0 Å². The van der Waals surface area contributed by atoms with Crippen LogP contribution in [0.2, 0.25) is 0 Å². The summed E-state index contributed by atoms with van der Waals surface area (Å²) >= 11 is 0. The molecule has 1 rings (SSSR count). The Morgan fingerprint density at radius 3 is 2.63 bits per heavy atom. The van der Waals surface area contributed by atoms with E-state index in [4.69, 9.17) is 14.6 Å². The predicted molar refractivity (Wildman–Crippen MR) is 76.8 cm³/mol. The molecule has 0 fully saturated rings. The van der Waals surface area contributed by atoms with Gasteiger partial charge in [-0.3, -0.25) is 0 Å². The van der Waals surface area contributed by atoms with Gasteiger partial charge in [-0.15, -0.1) is 0 Å². The maximum absolute atomic E-state index is 8.75. The molecule has 1 N–H and O–H groups in total. The maximum Gasteiger partial charge on any atom is 0.122 e. The fourth-order valence-corrected chi connectivity index (χ4v) is 1.70. The Kier molecular flexibility index (Phi) is 7.48. The molecular weight excluding hydrogens is 242 g/mol. The van der Waals surface area contributed by atoms with Crippen LogP contribution in [0.15, 0.2) is 18.2 Å². The van der Waals surface area contributed by atoms with Crippen LogP contribution in [0.5, 0.6) is 5.75 Å². The van der Waals surface area contributed by atoms with Crippen molar-refractivity contribution in [2.24, 2.45) is 0 Å². The van der Waals surface area contributed by atoms with Crippen LogP contribution in [0, 0.1) is 13.8 Å². The monoisotopic (exact) mass is 267 g/mol. The van der Waals surface area contributed by atoms with Crippen molar-refractivity contribution in [3.8, 4) is 5.75 Å². The lowest BCUT2D eigenvalue weighted by molar-refractivity contribution is 0.0811. The molecule has 108 valence electrons. The van der Waals surface area contributed by atoms with Crippen molar-refractivity contribution in [2.75, 3.05) is 46.6 Å². The number of ether oxygens (including phenoxy) is 2. The van der Waals surface area contributed by atoms with E-state index in [0.29, 0.717) is 26.4 Å². The van der Waals surface area contributed by atoms with Crippen LogP contribution in [-0.2, 0) is 4.74 Å². The zero-order valence-corrected chi connectivity index (χ0v) is 12.2. The summed E-state index contributed by atoms with van der Waals surface area (Å²) in [6, 6.07) is 6.06. The lowest BCUT2D eigenvalue weighted by atomic mass is 10.1. The fraction of sp³-hybridized carbons (Fsp3) is 0.600. The molecule has 0 saturated heterocycles. The molecule has 0 aromatic heterocycles. The minimum absolute atomic E-state index is 0.187. The van der Waals surface area contributed by atoms with Gasteiger partial charge in [0.25, 0.3) is 0 Å². The minimum atomic E-state index is 0.187. The van der Waals surface area contributed by atoms with Crippen LogP contribution >= 0.6 is 0 Å². The molecule has 0 aliphatic rings. The number of benzene rings is 1. The average Bonchev–Trinajstić information content (AvgIpc) is 2.38. The van der Waals surface area contributed by atoms with Crippen LogP contribution in [0.4, 0.5) is 0 Å². The third kappa shape index (κ3) is 6.05. The number of aryl methyl sites for hydroxylation is 1. The van der Waals surface area contributed by atoms with Gasteiger partial charge in [0.05, 0.1) is 19.8 Å². The smallest absolute Gasteiger partial charge is 0.122 e. The second kappa shape index (κ2) is 8.91. The highest BCUT2D eigenvalue weighted by Crippen LogP contribution is 2.20. The Morgan fingerprint density at radius 1 is 1.11 bits per heavy atom. The van der Waals surface area contributed by atoms with Gasteiger partial charge in [0, 0.05) is 13.1 Å². The van der Waals surface area contributed by atoms with Gasteiger partial charge in [-0.05, 0) is 38.1 Å². The third-order valence-electron chi connectivity index (χ3n) is 3.14. The van der Waals surface area contributed by atoms with E-state index in [1.54, 1.807) is 0 Å². The number of aliphatic hydroxyl groups is 1. The molecule has 0 atom stereocenters. The Balaban J connectivity index is 2.12. The highest BCUT2D eigenvalue weighted by Gasteiger charge is 2.01. The summed E-state index contributed by atoms with van der Waals surface area (Å²) in [7, 11) is 1.96. The highest BCUT2D eigenvalue weighted by molar-refractivity contribution is 5.38. The van der Waals surface area contributed by atoms with E-state index in [1.165, 1.54) is 11.1 Å². The molecule has 1 aromatic carbocycles. The van der Waals surface area contributed by atoms with E-state index >= 15 is 0 Å². The largest absolute Gasteiger partial charge is 0.491 e. The van der Waals surface area contributed by atoms with Gasteiger partial charge in [-0.2, -0.15) is 0 Å². The van der Waals surface area contributed by atoms with E-state index in [0.717, 1.165) is 12.3 Å². The van der Waals surface area contributed by atoms with Crippen LogP contribution in [-0.4, -0.2) is 56.6 Å². The van der Waals surface area contributed by atoms with Gasteiger partial charge < -0.3 is 19.5 Å². The van der Waals surface area contributed by atoms with Gasteiger partial charge in [0.2, 0.25) is 0 Å². The zero-order chi connectivity index (χ0) is 14.1. The summed E-state index contributed by atoms with van der Waals surface area (Å²) in [4.78, 5) is 2.03. The van der Waals surface area contributed by atoms with E-state index in [1.807, 2.05) is 24.1 Å². The van der Waals surface area contributed by atoms with Gasteiger partial charge in [0.1, 0.15) is 12.4 Å². The minimum Gasteiger partial charge on any atom is -0.491 e. The highest BCUT2D eigenvalue weighted by atomic mass is 16.5. The second-order valence-electron chi connectivity index (χ2n) is 4.69. The van der Waals surface area contributed by atoms with E-state index in [-0.39, 0.29) is 6.61 Å². The van der Waals surface area contributed by atoms with Gasteiger partial charge >= 0.3 is 0 Å². The predicted octanol–water partition coefficient (Wildman–Crippen LogP) is 1.62. The number of likely N-dealkylation sites (N-methyl/N-ethyl adjacent to an activating group) is 1. The van der Waals surface area contributed by atoms with Crippen LogP contribution in [0.25, 0.3) is 0 Å². The molecule has 0 aliphatic carbocycles. The summed E-state index contributed by atoms with van der Waals surface area (Å²) in [5, 5.41) is 8.75. The molecule has 0 aliphatic heterocycles. The number of rotatable bonds is 9. The maximum atomic E-state index is 8.75. The molecular formula is C15H25NO3. The van der Waals surface area contributed by atoms with Crippen molar-refractivity contribution in [1.29, 1.82) is 0 Å². The molecule has 0 saturated carbocycles. The van der Waals surface area contributed by atoms with Crippen molar-refractivity contribution < 1.29 is 14.6 Å². The summed E-state index contributed by atoms with van der Waals surface area (Å²) in [6.45, 7) is 7.64. The third-order valence-corrected chi connectivity index (χ3v) is 3.14. The Hall–Kier alpha value is -1.10. The number of hydrogen-bond acceptors (Lipinski definition) is 4. The first-order valence-electron chi connectivity index (χ1n) is 6.71. The van der Waals surface area contributed by atoms with E-state index < -0.39 is 0 Å². The van der Waals surface area contributed by atoms with Crippen molar-refractivity contribution in [1.82, 2.24) is 4.90 Å². The molecule has 4 heteroatoms. The van der Waals surface area contributed by atoms with Gasteiger partial charge in [-0.1, -0.05) is 12.1 Å². The summed E-state index contributed by atoms with van der Waals surface area (Å²) in [5.41, 5.74) is 2.43. The van der Waals surface area contributed by atoms with Crippen molar-refractivity contribution >= 4 is 0 Å². The number of aliphatic hydroxyl groups excluding tert-OH is 1. The zero-order valence-electron chi connectivity index (χ0n) is 12.2. The SMILES string of the molecule is Cc1cccc(OCCOCCN(C)CCO)c1C. The molecule has 0 radical (unpaired) electrons. The first-order valence-corrected chi connectivity index (χ1v) is 6.71. The quantitative estimate of drug-likeness (QED) is 0.690. The van der Waals surface area contributed by atoms with Crippen molar-refractivity contribution in [3.63, 3.8) is 0 Å². The van der Waals surface area contributed by atoms with Crippen LogP contribution in [0.3, 0.4) is 0 Å². The molecule has 0 unspecified atom stereocenters. The molecule has 4 nitrogen and oxygen atoms in total. The Morgan fingerprint density at radius 2 is 1.89 bits per heavy atom. The first-order chi connectivity index (χ1) is 9.15. The summed E-state index contributed by atoms with van der Waals surface area (Å²) in [5.74, 6) is 0.931.